The van der Waals surface area contributed by atoms with Crippen LogP contribution in [0.25, 0.3) is 0 Å². The van der Waals surface area contributed by atoms with Crippen LogP contribution in [-0.2, 0) is 11.3 Å². The van der Waals surface area contributed by atoms with E-state index in [2.05, 4.69) is 34.5 Å². The van der Waals surface area contributed by atoms with Gasteiger partial charge in [0.2, 0.25) is 5.91 Å². The van der Waals surface area contributed by atoms with Gasteiger partial charge >= 0.3 is 0 Å². The van der Waals surface area contributed by atoms with Crippen molar-refractivity contribution < 1.29 is 4.79 Å². The summed E-state index contributed by atoms with van der Waals surface area (Å²) in [5, 5.41) is 3.14. The van der Waals surface area contributed by atoms with Crippen molar-refractivity contribution >= 4 is 17.7 Å². The highest BCUT2D eigenvalue weighted by atomic mass is 32.2. The molecule has 2 atom stereocenters. The van der Waals surface area contributed by atoms with Crippen molar-refractivity contribution in [1.82, 2.24) is 10.2 Å². The smallest absolute Gasteiger partial charge is 0.233 e. The Hall–Kier alpha value is -1.78. The van der Waals surface area contributed by atoms with Gasteiger partial charge in [0.05, 0.1) is 5.25 Å². The summed E-state index contributed by atoms with van der Waals surface area (Å²) in [7, 11) is 0. The van der Waals surface area contributed by atoms with E-state index in [9.17, 15) is 4.79 Å². The number of amides is 1. The van der Waals surface area contributed by atoms with Crippen LogP contribution in [0.3, 0.4) is 0 Å². The summed E-state index contributed by atoms with van der Waals surface area (Å²) in [6.45, 7) is 4.91. The van der Waals surface area contributed by atoms with E-state index in [0.717, 1.165) is 31.0 Å². The number of hydrogen-bond acceptors (Lipinski definition) is 3. The molecule has 0 aromatic heterocycles. The second kappa shape index (κ2) is 8.36. The van der Waals surface area contributed by atoms with E-state index >= 15 is 0 Å². The van der Waals surface area contributed by atoms with Gasteiger partial charge in [-0.25, -0.2) is 0 Å². The lowest BCUT2D eigenvalue weighted by molar-refractivity contribution is -0.120. The van der Waals surface area contributed by atoms with Gasteiger partial charge in [-0.05, 0) is 31.0 Å². The molecule has 1 N–H and O–H groups in total. The molecule has 0 radical (unpaired) electrons. The fourth-order valence-electron chi connectivity index (χ4n) is 3.01. The van der Waals surface area contributed by atoms with Crippen LogP contribution in [0, 0.1) is 0 Å². The van der Waals surface area contributed by atoms with E-state index in [1.54, 1.807) is 11.8 Å². The normalized spacial score (nSPS) is 19.1. The minimum Gasteiger partial charge on any atom is -0.351 e. The standard InChI is InChI=1S/C20H24N2OS/c1-16(24-19-10-6-3-7-11-19)20(23)21-18-12-13-22(15-18)14-17-8-4-2-5-9-17/h2-11,16,18H,12-15H2,1H3,(H,21,23). The molecule has 1 aliphatic heterocycles. The molecule has 126 valence electrons. The van der Waals surface area contributed by atoms with Crippen molar-refractivity contribution in [2.75, 3.05) is 13.1 Å². The fraction of sp³-hybridized carbons (Fsp3) is 0.350. The zero-order valence-corrected chi connectivity index (χ0v) is 14.8. The first-order chi connectivity index (χ1) is 11.7. The summed E-state index contributed by atoms with van der Waals surface area (Å²) < 4.78 is 0. The molecule has 0 bridgehead atoms. The third-order valence-corrected chi connectivity index (χ3v) is 5.41. The van der Waals surface area contributed by atoms with Gasteiger partial charge in [0.25, 0.3) is 0 Å². The SMILES string of the molecule is CC(Sc1ccccc1)C(=O)NC1CCN(Cc2ccccc2)C1. The molecule has 0 aliphatic carbocycles. The van der Waals surface area contributed by atoms with Crippen LogP contribution in [0.5, 0.6) is 0 Å². The fourth-order valence-corrected chi connectivity index (χ4v) is 3.91. The summed E-state index contributed by atoms with van der Waals surface area (Å²) >= 11 is 1.61. The molecular weight excluding hydrogens is 316 g/mol. The predicted molar refractivity (Wildman–Crippen MR) is 100 cm³/mol. The molecule has 3 rings (SSSR count). The van der Waals surface area contributed by atoms with Crippen LogP contribution >= 0.6 is 11.8 Å². The molecule has 3 nitrogen and oxygen atoms in total. The maximum Gasteiger partial charge on any atom is 0.233 e. The maximum atomic E-state index is 12.4. The first-order valence-electron chi connectivity index (χ1n) is 8.49. The lowest BCUT2D eigenvalue weighted by atomic mass is 10.2. The van der Waals surface area contributed by atoms with Gasteiger partial charge in [-0.3, -0.25) is 9.69 Å². The van der Waals surface area contributed by atoms with Gasteiger partial charge in [0, 0.05) is 30.6 Å². The Kier molecular flexibility index (Phi) is 5.94. The summed E-state index contributed by atoms with van der Waals surface area (Å²) in [6, 6.07) is 20.9. The number of carbonyl (C=O) groups is 1. The monoisotopic (exact) mass is 340 g/mol. The summed E-state index contributed by atoms with van der Waals surface area (Å²) in [5.41, 5.74) is 1.33. The van der Waals surface area contributed by atoms with E-state index in [1.165, 1.54) is 5.56 Å². The number of nitrogens with one attached hydrogen (secondary N) is 1. The Labute approximate surface area is 148 Å². The molecule has 1 fully saturated rings. The number of thioether (sulfide) groups is 1. The zero-order valence-electron chi connectivity index (χ0n) is 14.0. The Morgan fingerprint density at radius 1 is 1.17 bits per heavy atom. The van der Waals surface area contributed by atoms with Crippen molar-refractivity contribution in [2.24, 2.45) is 0 Å². The number of likely N-dealkylation sites (tertiary alicyclic amines) is 1. The molecule has 1 saturated heterocycles. The second-order valence-corrected chi connectivity index (χ2v) is 7.70. The summed E-state index contributed by atoms with van der Waals surface area (Å²) in [4.78, 5) is 16.0. The molecule has 0 saturated carbocycles. The van der Waals surface area contributed by atoms with Gasteiger partial charge in [0.1, 0.15) is 0 Å². The highest BCUT2D eigenvalue weighted by molar-refractivity contribution is 8.00. The predicted octanol–water partition coefficient (Wildman–Crippen LogP) is 3.56. The van der Waals surface area contributed by atoms with E-state index in [1.807, 2.05) is 43.3 Å². The van der Waals surface area contributed by atoms with Crippen LogP contribution in [0.4, 0.5) is 0 Å². The third kappa shape index (κ3) is 4.86. The van der Waals surface area contributed by atoms with Gasteiger partial charge < -0.3 is 5.32 Å². The second-order valence-electron chi connectivity index (χ2n) is 6.29. The van der Waals surface area contributed by atoms with Crippen LogP contribution in [-0.4, -0.2) is 35.2 Å². The molecule has 0 spiro atoms. The third-order valence-electron chi connectivity index (χ3n) is 4.29. The largest absolute Gasteiger partial charge is 0.351 e. The van der Waals surface area contributed by atoms with E-state index in [4.69, 9.17) is 0 Å². The lowest BCUT2D eigenvalue weighted by Gasteiger charge is -2.18. The molecule has 2 aromatic rings. The minimum atomic E-state index is -0.0735. The quantitative estimate of drug-likeness (QED) is 0.816. The van der Waals surface area contributed by atoms with Gasteiger partial charge in [-0.2, -0.15) is 0 Å². The van der Waals surface area contributed by atoms with Gasteiger partial charge in [0.15, 0.2) is 0 Å². The number of rotatable bonds is 6. The lowest BCUT2D eigenvalue weighted by Crippen LogP contribution is -2.40. The Morgan fingerprint density at radius 2 is 1.83 bits per heavy atom. The molecule has 2 unspecified atom stereocenters. The van der Waals surface area contributed by atoms with Crippen molar-refractivity contribution in [3.8, 4) is 0 Å². The number of hydrogen-bond donors (Lipinski definition) is 1. The molecule has 4 heteroatoms. The highest BCUT2D eigenvalue weighted by Gasteiger charge is 2.25. The van der Waals surface area contributed by atoms with Crippen molar-refractivity contribution in [1.29, 1.82) is 0 Å². The zero-order chi connectivity index (χ0) is 16.8. The maximum absolute atomic E-state index is 12.4. The molecule has 1 amide bonds. The summed E-state index contributed by atoms with van der Waals surface area (Å²) in [6.07, 6.45) is 1.03. The van der Waals surface area contributed by atoms with E-state index in [0.29, 0.717) is 0 Å². The molecule has 24 heavy (non-hydrogen) atoms. The van der Waals surface area contributed by atoms with E-state index in [-0.39, 0.29) is 17.2 Å². The van der Waals surface area contributed by atoms with Crippen LogP contribution in [0.15, 0.2) is 65.6 Å². The first kappa shape index (κ1) is 17.1. The average Bonchev–Trinajstić information content (AvgIpc) is 3.03. The highest BCUT2D eigenvalue weighted by Crippen LogP contribution is 2.23. The van der Waals surface area contributed by atoms with Crippen LogP contribution in [0.2, 0.25) is 0 Å². The van der Waals surface area contributed by atoms with Crippen molar-refractivity contribution in [2.45, 2.75) is 36.1 Å². The summed E-state index contributed by atoms with van der Waals surface area (Å²) in [5.74, 6) is 0.135. The van der Waals surface area contributed by atoms with Crippen LogP contribution < -0.4 is 5.32 Å². The molecule has 1 heterocycles. The van der Waals surface area contributed by atoms with Crippen molar-refractivity contribution in [3.05, 3.63) is 66.2 Å². The Balaban J connectivity index is 1.45. The molecule has 1 aliphatic rings. The minimum absolute atomic E-state index is 0.0735. The number of carbonyl (C=O) groups excluding carboxylic acids is 1. The average molecular weight is 340 g/mol. The molecular formula is C20H24N2OS. The van der Waals surface area contributed by atoms with Gasteiger partial charge in [-0.1, -0.05) is 48.5 Å². The van der Waals surface area contributed by atoms with Crippen LogP contribution in [0.1, 0.15) is 18.9 Å². The first-order valence-corrected chi connectivity index (χ1v) is 9.37. The number of nitrogens with zero attached hydrogens (tertiary/aromatic N) is 1. The van der Waals surface area contributed by atoms with Crippen molar-refractivity contribution in [3.63, 3.8) is 0 Å². The van der Waals surface area contributed by atoms with Gasteiger partial charge in [-0.15, -0.1) is 11.8 Å². The molecule has 2 aromatic carbocycles. The Bertz CT molecular complexity index is 647. The topological polar surface area (TPSA) is 32.3 Å². The van der Waals surface area contributed by atoms with E-state index < -0.39 is 0 Å². The number of benzene rings is 2. The Morgan fingerprint density at radius 3 is 2.54 bits per heavy atom.